The van der Waals surface area contributed by atoms with E-state index in [9.17, 15) is 4.79 Å². The highest BCUT2D eigenvalue weighted by Crippen LogP contribution is 2.25. The highest BCUT2D eigenvalue weighted by molar-refractivity contribution is 5.92. The first kappa shape index (κ1) is 17.4. The molecule has 0 saturated carbocycles. The maximum Gasteiger partial charge on any atom is 0.274 e. The lowest BCUT2D eigenvalue weighted by molar-refractivity contribution is 0.0717. The smallest absolute Gasteiger partial charge is 0.274 e. The molecule has 0 aliphatic carbocycles. The lowest BCUT2D eigenvalue weighted by Crippen LogP contribution is -2.36. The number of nitrogens with one attached hydrogen (secondary N) is 1. The van der Waals surface area contributed by atoms with Gasteiger partial charge < -0.3 is 10.2 Å². The first-order chi connectivity index (χ1) is 12.2. The van der Waals surface area contributed by atoms with Gasteiger partial charge in [0.25, 0.3) is 5.91 Å². The van der Waals surface area contributed by atoms with Crippen LogP contribution in [0.4, 0.5) is 11.5 Å². The summed E-state index contributed by atoms with van der Waals surface area (Å²) in [5, 5.41) is 11.8. The quantitative estimate of drug-likeness (QED) is 0.896. The predicted octanol–water partition coefficient (Wildman–Crippen LogP) is 3.97. The number of anilines is 2. The monoisotopic (exact) mass is 338 g/mol. The summed E-state index contributed by atoms with van der Waals surface area (Å²) < 4.78 is 0. The van der Waals surface area contributed by atoms with E-state index >= 15 is 0 Å². The Labute approximate surface area is 149 Å². The van der Waals surface area contributed by atoms with Crippen LogP contribution in [0.15, 0.2) is 30.3 Å². The van der Waals surface area contributed by atoms with Gasteiger partial charge in [-0.05, 0) is 55.4 Å². The van der Waals surface area contributed by atoms with Crippen LogP contribution in [0.2, 0.25) is 0 Å². The van der Waals surface area contributed by atoms with Crippen molar-refractivity contribution in [3.63, 3.8) is 0 Å². The molecule has 1 amide bonds. The van der Waals surface area contributed by atoms with Crippen molar-refractivity contribution in [1.29, 1.82) is 0 Å². The normalized spacial score (nSPS) is 14.4. The Kier molecular flexibility index (Phi) is 5.64. The zero-order chi connectivity index (χ0) is 17.6. The Hall–Kier alpha value is -2.43. The van der Waals surface area contributed by atoms with Crippen LogP contribution >= 0.6 is 0 Å². The van der Waals surface area contributed by atoms with Gasteiger partial charge in [0, 0.05) is 18.8 Å². The summed E-state index contributed by atoms with van der Waals surface area (Å²) in [5.74, 6) is 0.660. The number of likely N-dealkylation sites (tertiary alicyclic amines) is 1. The molecule has 2 heterocycles. The Morgan fingerprint density at radius 3 is 2.24 bits per heavy atom. The highest BCUT2D eigenvalue weighted by atomic mass is 16.2. The number of amides is 1. The topological polar surface area (TPSA) is 58.1 Å². The summed E-state index contributed by atoms with van der Waals surface area (Å²) in [4.78, 5) is 14.4. The molecular weight excluding hydrogens is 312 g/mol. The molecular formula is C20H26N4O. The number of aryl methyl sites for hydroxylation is 2. The fourth-order valence-electron chi connectivity index (χ4n) is 3.30. The van der Waals surface area contributed by atoms with Crippen molar-refractivity contribution in [3.05, 3.63) is 47.2 Å². The highest BCUT2D eigenvalue weighted by Gasteiger charge is 2.19. The number of hydrogen-bond acceptors (Lipinski definition) is 4. The Balaban J connectivity index is 1.76. The molecule has 132 valence electrons. The maximum absolute atomic E-state index is 12.5. The standard InChI is InChI=1S/C20H26N4O/c1-3-15-9-8-10-16(4-2)19(15)21-18-12-11-17(22-23-18)20(25)24-13-6-5-7-14-24/h8-12H,3-7,13-14H2,1-2H3,(H,21,23). The lowest BCUT2D eigenvalue weighted by Gasteiger charge is -2.26. The zero-order valence-electron chi connectivity index (χ0n) is 15.1. The van der Waals surface area contributed by atoms with Crippen LogP contribution in [-0.4, -0.2) is 34.1 Å². The minimum absolute atomic E-state index is 0.0121. The van der Waals surface area contributed by atoms with E-state index in [1.54, 1.807) is 6.07 Å². The third kappa shape index (κ3) is 3.98. The first-order valence-corrected chi connectivity index (χ1v) is 9.23. The number of hydrogen-bond donors (Lipinski definition) is 1. The zero-order valence-corrected chi connectivity index (χ0v) is 15.1. The van der Waals surface area contributed by atoms with Crippen molar-refractivity contribution in [1.82, 2.24) is 15.1 Å². The molecule has 0 bridgehead atoms. The Morgan fingerprint density at radius 1 is 1.00 bits per heavy atom. The third-order valence-corrected chi connectivity index (χ3v) is 4.78. The molecule has 5 heteroatoms. The molecule has 1 saturated heterocycles. The van der Waals surface area contributed by atoms with Crippen molar-refractivity contribution in [3.8, 4) is 0 Å². The molecule has 0 atom stereocenters. The van der Waals surface area contributed by atoms with E-state index in [2.05, 4.69) is 47.6 Å². The second-order valence-corrected chi connectivity index (χ2v) is 6.44. The third-order valence-electron chi connectivity index (χ3n) is 4.78. The number of benzene rings is 1. The number of nitrogens with zero attached hydrogens (tertiary/aromatic N) is 3. The number of para-hydroxylation sites is 1. The molecule has 1 aromatic carbocycles. The molecule has 0 unspecified atom stereocenters. The van der Waals surface area contributed by atoms with E-state index in [0.717, 1.165) is 44.5 Å². The van der Waals surface area contributed by atoms with Crippen molar-refractivity contribution < 1.29 is 4.79 Å². The average molecular weight is 338 g/mol. The second-order valence-electron chi connectivity index (χ2n) is 6.44. The van der Waals surface area contributed by atoms with Gasteiger partial charge in [-0.3, -0.25) is 4.79 Å². The minimum atomic E-state index is -0.0121. The second kappa shape index (κ2) is 8.10. The van der Waals surface area contributed by atoms with Gasteiger partial charge in [-0.25, -0.2) is 0 Å². The van der Waals surface area contributed by atoms with Gasteiger partial charge in [0.15, 0.2) is 11.5 Å². The molecule has 1 aliphatic rings. The molecule has 5 nitrogen and oxygen atoms in total. The van der Waals surface area contributed by atoms with Crippen LogP contribution in [0.25, 0.3) is 0 Å². The van der Waals surface area contributed by atoms with E-state index in [1.165, 1.54) is 17.5 Å². The van der Waals surface area contributed by atoms with Gasteiger partial charge in [0.2, 0.25) is 0 Å². The summed E-state index contributed by atoms with van der Waals surface area (Å²) in [7, 11) is 0. The van der Waals surface area contributed by atoms with Crippen molar-refractivity contribution >= 4 is 17.4 Å². The van der Waals surface area contributed by atoms with E-state index in [0.29, 0.717) is 11.5 Å². The van der Waals surface area contributed by atoms with Gasteiger partial charge in [-0.2, -0.15) is 0 Å². The molecule has 0 radical (unpaired) electrons. The molecule has 1 fully saturated rings. The van der Waals surface area contributed by atoms with Crippen molar-refractivity contribution in [2.24, 2.45) is 0 Å². The number of carbonyl (C=O) groups excluding carboxylic acids is 1. The van der Waals surface area contributed by atoms with Gasteiger partial charge in [0.05, 0.1) is 0 Å². The fraction of sp³-hybridized carbons (Fsp3) is 0.450. The van der Waals surface area contributed by atoms with Crippen LogP contribution in [0.5, 0.6) is 0 Å². The molecule has 1 aliphatic heterocycles. The maximum atomic E-state index is 12.5. The van der Waals surface area contributed by atoms with E-state index < -0.39 is 0 Å². The predicted molar refractivity (Wildman–Crippen MR) is 100 cm³/mol. The fourth-order valence-corrected chi connectivity index (χ4v) is 3.30. The van der Waals surface area contributed by atoms with Crippen LogP contribution < -0.4 is 5.32 Å². The van der Waals surface area contributed by atoms with Crippen molar-refractivity contribution in [2.75, 3.05) is 18.4 Å². The van der Waals surface area contributed by atoms with E-state index in [-0.39, 0.29) is 5.91 Å². The molecule has 3 rings (SSSR count). The summed E-state index contributed by atoms with van der Waals surface area (Å²) in [6, 6.07) is 9.96. The van der Waals surface area contributed by atoms with Gasteiger partial charge in [0.1, 0.15) is 0 Å². The number of rotatable bonds is 5. The SMILES string of the molecule is CCc1cccc(CC)c1Nc1ccc(C(=O)N2CCCCC2)nn1. The average Bonchev–Trinajstić information content (AvgIpc) is 2.69. The number of carbonyl (C=O) groups is 1. The molecule has 1 N–H and O–H groups in total. The van der Waals surface area contributed by atoms with Crippen LogP contribution in [-0.2, 0) is 12.8 Å². The largest absolute Gasteiger partial charge is 0.338 e. The summed E-state index contributed by atoms with van der Waals surface area (Å²) in [6.07, 6.45) is 5.26. The molecule has 1 aromatic heterocycles. The summed E-state index contributed by atoms with van der Waals surface area (Å²) in [6.45, 7) is 5.94. The van der Waals surface area contributed by atoms with Crippen LogP contribution in [0.1, 0.15) is 54.7 Å². The van der Waals surface area contributed by atoms with E-state index in [4.69, 9.17) is 0 Å². The number of aromatic nitrogens is 2. The van der Waals surface area contributed by atoms with Gasteiger partial charge in [-0.1, -0.05) is 32.0 Å². The Bertz CT molecular complexity index is 699. The number of piperidine rings is 1. The Morgan fingerprint density at radius 2 is 1.68 bits per heavy atom. The summed E-state index contributed by atoms with van der Waals surface area (Å²) in [5.41, 5.74) is 4.05. The van der Waals surface area contributed by atoms with Crippen LogP contribution in [0, 0.1) is 0 Å². The summed E-state index contributed by atoms with van der Waals surface area (Å²) >= 11 is 0. The lowest BCUT2D eigenvalue weighted by atomic mass is 10.0. The van der Waals surface area contributed by atoms with Gasteiger partial charge in [-0.15, -0.1) is 10.2 Å². The van der Waals surface area contributed by atoms with Crippen LogP contribution in [0.3, 0.4) is 0 Å². The molecule has 0 spiro atoms. The minimum Gasteiger partial charge on any atom is -0.338 e. The first-order valence-electron chi connectivity index (χ1n) is 9.23. The van der Waals surface area contributed by atoms with E-state index in [1.807, 2.05) is 11.0 Å². The van der Waals surface area contributed by atoms with Crippen molar-refractivity contribution in [2.45, 2.75) is 46.0 Å². The molecule has 25 heavy (non-hydrogen) atoms. The molecule has 2 aromatic rings. The van der Waals surface area contributed by atoms with Gasteiger partial charge >= 0.3 is 0 Å².